The lowest BCUT2D eigenvalue weighted by Crippen LogP contribution is -2.30. The molecule has 0 aromatic heterocycles. The largest absolute Gasteiger partial charge is 0.383 e. The standard InChI is InChI=1S/C15H26N2/c1-11(2)9-14(16)10-17-15-7-5-13(6-8-15)12(3)4/h5-8,11-12,14,17H,9-10,16H2,1-4H3. The summed E-state index contributed by atoms with van der Waals surface area (Å²) in [5.74, 6) is 1.25. The fourth-order valence-corrected chi connectivity index (χ4v) is 1.92. The Morgan fingerprint density at radius 3 is 2.12 bits per heavy atom. The summed E-state index contributed by atoms with van der Waals surface area (Å²) < 4.78 is 0. The van der Waals surface area contributed by atoms with Crippen LogP contribution in [0.25, 0.3) is 0 Å². The van der Waals surface area contributed by atoms with E-state index >= 15 is 0 Å². The Kier molecular flexibility index (Phi) is 5.49. The molecule has 0 fully saturated rings. The molecule has 1 aromatic rings. The van der Waals surface area contributed by atoms with Crippen LogP contribution in [0.1, 0.15) is 45.6 Å². The quantitative estimate of drug-likeness (QED) is 0.789. The molecule has 0 aliphatic carbocycles. The van der Waals surface area contributed by atoms with Crippen molar-refractivity contribution in [2.75, 3.05) is 11.9 Å². The van der Waals surface area contributed by atoms with E-state index in [0.717, 1.165) is 18.7 Å². The smallest absolute Gasteiger partial charge is 0.0340 e. The first-order valence-electron chi connectivity index (χ1n) is 6.58. The Bertz CT molecular complexity index is 314. The number of hydrogen-bond donors (Lipinski definition) is 2. The third-order valence-electron chi connectivity index (χ3n) is 2.92. The highest BCUT2D eigenvalue weighted by Crippen LogP contribution is 2.17. The van der Waals surface area contributed by atoms with Crippen molar-refractivity contribution in [1.82, 2.24) is 0 Å². The van der Waals surface area contributed by atoms with Gasteiger partial charge in [0.2, 0.25) is 0 Å². The molecule has 0 bridgehead atoms. The zero-order chi connectivity index (χ0) is 12.8. The molecule has 0 radical (unpaired) electrons. The molecule has 1 atom stereocenters. The van der Waals surface area contributed by atoms with E-state index in [2.05, 4.69) is 57.3 Å². The molecule has 2 nitrogen and oxygen atoms in total. The van der Waals surface area contributed by atoms with Crippen molar-refractivity contribution in [3.05, 3.63) is 29.8 Å². The molecule has 0 saturated carbocycles. The van der Waals surface area contributed by atoms with Gasteiger partial charge in [-0.3, -0.25) is 0 Å². The van der Waals surface area contributed by atoms with Crippen LogP contribution in [-0.2, 0) is 0 Å². The molecule has 1 rings (SSSR count). The van der Waals surface area contributed by atoms with Crippen LogP contribution in [0, 0.1) is 5.92 Å². The number of benzene rings is 1. The minimum atomic E-state index is 0.236. The zero-order valence-corrected chi connectivity index (χ0v) is 11.5. The molecule has 96 valence electrons. The van der Waals surface area contributed by atoms with E-state index in [1.807, 2.05) is 0 Å². The Labute approximate surface area is 106 Å². The molecule has 3 N–H and O–H groups in total. The molecule has 0 amide bonds. The summed E-state index contributed by atoms with van der Waals surface area (Å²) in [7, 11) is 0. The van der Waals surface area contributed by atoms with Gasteiger partial charge in [0.1, 0.15) is 0 Å². The van der Waals surface area contributed by atoms with Gasteiger partial charge in [0.25, 0.3) is 0 Å². The van der Waals surface area contributed by atoms with E-state index in [0.29, 0.717) is 11.8 Å². The monoisotopic (exact) mass is 234 g/mol. The molecule has 1 aromatic carbocycles. The summed E-state index contributed by atoms with van der Waals surface area (Å²) in [5.41, 5.74) is 8.58. The van der Waals surface area contributed by atoms with E-state index in [1.165, 1.54) is 5.56 Å². The third-order valence-corrected chi connectivity index (χ3v) is 2.92. The second kappa shape index (κ2) is 6.65. The first-order chi connectivity index (χ1) is 7.99. The highest BCUT2D eigenvalue weighted by atomic mass is 14.9. The normalized spacial score (nSPS) is 13.1. The minimum Gasteiger partial charge on any atom is -0.383 e. The highest BCUT2D eigenvalue weighted by Gasteiger charge is 2.05. The summed E-state index contributed by atoms with van der Waals surface area (Å²) in [6.45, 7) is 9.68. The Morgan fingerprint density at radius 2 is 1.65 bits per heavy atom. The van der Waals surface area contributed by atoms with Gasteiger partial charge in [0, 0.05) is 18.3 Å². The second-order valence-corrected chi connectivity index (χ2v) is 5.55. The van der Waals surface area contributed by atoms with E-state index in [-0.39, 0.29) is 6.04 Å². The third kappa shape index (κ3) is 5.22. The minimum absolute atomic E-state index is 0.236. The molecule has 2 heteroatoms. The van der Waals surface area contributed by atoms with Gasteiger partial charge in [-0.15, -0.1) is 0 Å². The van der Waals surface area contributed by atoms with Gasteiger partial charge in [-0.05, 0) is 36.0 Å². The molecular formula is C15H26N2. The first-order valence-corrected chi connectivity index (χ1v) is 6.58. The van der Waals surface area contributed by atoms with Crippen molar-refractivity contribution in [1.29, 1.82) is 0 Å². The van der Waals surface area contributed by atoms with Gasteiger partial charge in [0.05, 0.1) is 0 Å². The predicted molar refractivity (Wildman–Crippen MR) is 76.5 cm³/mol. The van der Waals surface area contributed by atoms with E-state index in [9.17, 15) is 0 Å². The maximum atomic E-state index is 6.04. The summed E-state index contributed by atoms with van der Waals surface area (Å²) in [6, 6.07) is 8.87. The number of rotatable bonds is 6. The van der Waals surface area contributed by atoms with Crippen molar-refractivity contribution in [2.24, 2.45) is 11.7 Å². The van der Waals surface area contributed by atoms with Crippen molar-refractivity contribution in [3.8, 4) is 0 Å². The lowest BCUT2D eigenvalue weighted by molar-refractivity contribution is 0.508. The van der Waals surface area contributed by atoms with Crippen molar-refractivity contribution < 1.29 is 0 Å². The molecule has 0 aliphatic rings. The summed E-state index contributed by atoms with van der Waals surface area (Å²) in [6.07, 6.45) is 1.07. The highest BCUT2D eigenvalue weighted by molar-refractivity contribution is 5.45. The van der Waals surface area contributed by atoms with E-state index in [1.54, 1.807) is 0 Å². The van der Waals surface area contributed by atoms with Crippen molar-refractivity contribution >= 4 is 5.69 Å². The molecule has 0 spiro atoms. The van der Waals surface area contributed by atoms with Gasteiger partial charge in [-0.1, -0.05) is 39.8 Å². The van der Waals surface area contributed by atoms with Crippen LogP contribution in [-0.4, -0.2) is 12.6 Å². The number of hydrogen-bond acceptors (Lipinski definition) is 2. The molecule has 1 unspecified atom stereocenters. The van der Waals surface area contributed by atoms with Crippen LogP contribution in [0.3, 0.4) is 0 Å². The van der Waals surface area contributed by atoms with Crippen LogP contribution in [0.5, 0.6) is 0 Å². The predicted octanol–water partition coefficient (Wildman–Crippen LogP) is 3.60. The van der Waals surface area contributed by atoms with Gasteiger partial charge in [-0.25, -0.2) is 0 Å². The van der Waals surface area contributed by atoms with Gasteiger partial charge >= 0.3 is 0 Å². The Morgan fingerprint density at radius 1 is 1.06 bits per heavy atom. The number of anilines is 1. The Balaban J connectivity index is 2.42. The van der Waals surface area contributed by atoms with Gasteiger partial charge < -0.3 is 11.1 Å². The fraction of sp³-hybridized carbons (Fsp3) is 0.600. The van der Waals surface area contributed by atoms with Gasteiger partial charge in [-0.2, -0.15) is 0 Å². The molecule has 17 heavy (non-hydrogen) atoms. The average molecular weight is 234 g/mol. The lowest BCUT2D eigenvalue weighted by Gasteiger charge is -2.16. The van der Waals surface area contributed by atoms with Crippen molar-refractivity contribution in [2.45, 2.75) is 46.1 Å². The van der Waals surface area contributed by atoms with Crippen LogP contribution in [0.2, 0.25) is 0 Å². The fourth-order valence-electron chi connectivity index (χ4n) is 1.92. The van der Waals surface area contributed by atoms with Gasteiger partial charge in [0.15, 0.2) is 0 Å². The number of nitrogens with two attached hydrogens (primary N) is 1. The molecule has 0 heterocycles. The Hall–Kier alpha value is -1.02. The van der Waals surface area contributed by atoms with E-state index < -0.39 is 0 Å². The molecular weight excluding hydrogens is 208 g/mol. The lowest BCUT2D eigenvalue weighted by atomic mass is 10.0. The van der Waals surface area contributed by atoms with E-state index in [4.69, 9.17) is 5.73 Å². The summed E-state index contributed by atoms with van der Waals surface area (Å²) >= 11 is 0. The topological polar surface area (TPSA) is 38.0 Å². The van der Waals surface area contributed by atoms with Crippen LogP contribution >= 0.6 is 0 Å². The van der Waals surface area contributed by atoms with Crippen molar-refractivity contribution in [3.63, 3.8) is 0 Å². The average Bonchev–Trinajstić information content (AvgIpc) is 2.26. The molecule has 0 aliphatic heterocycles. The maximum absolute atomic E-state index is 6.04. The number of nitrogens with one attached hydrogen (secondary N) is 1. The summed E-state index contributed by atoms with van der Waals surface area (Å²) in [4.78, 5) is 0. The maximum Gasteiger partial charge on any atom is 0.0340 e. The van der Waals surface area contributed by atoms with Crippen LogP contribution in [0.4, 0.5) is 5.69 Å². The molecule has 0 saturated heterocycles. The SMILES string of the molecule is CC(C)CC(N)CNc1ccc(C(C)C)cc1. The summed E-state index contributed by atoms with van der Waals surface area (Å²) in [5, 5.41) is 3.39. The second-order valence-electron chi connectivity index (χ2n) is 5.55. The first kappa shape index (κ1) is 14.0. The van der Waals surface area contributed by atoms with Crippen LogP contribution in [0.15, 0.2) is 24.3 Å². The van der Waals surface area contributed by atoms with Crippen LogP contribution < -0.4 is 11.1 Å². The zero-order valence-electron chi connectivity index (χ0n) is 11.5.